The van der Waals surface area contributed by atoms with Gasteiger partial charge >= 0.3 is 0 Å². The lowest BCUT2D eigenvalue weighted by molar-refractivity contribution is -0.118. The molecule has 1 atom stereocenters. The maximum atomic E-state index is 12.8. The minimum absolute atomic E-state index is 0.203. The normalized spacial score (nSPS) is 14.1. The Balaban J connectivity index is 1.51. The van der Waals surface area contributed by atoms with E-state index in [9.17, 15) is 9.59 Å². The molecule has 164 valence electrons. The molecule has 0 bridgehead atoms. The molecule has 0 spiro atoms. The highest BCUT2D eigenvalue weighted by molar-refractivity contribution is 6.05. The molecular weight excluding hydrogens is 404 g/mol. The van der Waals surface area contributed by atoms with Crippen LogP contribution in [0.4, 0.5) is 5.69 Å². The third-order valence-corrected chi connectivity index (χ3v) is 5.61. The van der Waals surface area contributed by atoms with E-state index in [0.29, 0.717) is 12.4 Å². The smallest absolute Gasteiger partial charge is 0.251 e. The van der Waals surface area contributed by atoms with E-state index in [-0.39, 0.29) is 11.8 Å². The third kappa shape index (κ3) is 4.56. The lowest BCUT2D eigenvalue weighted by Crippen LogP contribution is -2.35. The van der Waals surface area contributed by atoms with Gasteiger partial charge < -0.3 is 19.5 Å². The number of para-hydroxylation sites is 1. The zero-order valence-electron chi connectivity index (χ0n) is 18.2. The second-order valence-corrected chi connectivity index (χ2v) is 7.67. The summed E-state index contributed by atoms with van der Waals surface area (Å²) in [5, 5.41) is 2.97. The molecule has 1 unspecified atom stereocenters. The molecule has 0 saturated heterocycles. The van der Waals surface area contributed by atoms with Crippen molar-refractivity contribution in [2.45, 2.75) is 18.9 Å². The van der Waals surface area contributed by atoms with Crippen LogP contribution >= 0.6 is 0 Å². The summed E-state index contributed by atoms with van der Waals surface area (Å²) >= 11 is 0. The number of imidazole rings is 1. The molecule has 1 N–H and O–H groups in total. The Labute approximate surface area is 187 Å². The van der Waals surface area contributed by atoms with E-state index < -0.39 is 6.04 Å². The number of fused-ring (bicyclic) bond motifs is 1. The number of carbonyl (C=O) groups is 2. The summed E-state index contributed by atoms with van der Waals surface area (Å²) in [7, 11) is 3.48. The SMILES string of the molecule is COc1ccc(C(NC(=O)C=CC(=O)N2CCCc3ccccc32)c2nccn2C)cc1. The van der Waals surface area contributed by atoms with E-state index in [4.69, 9.17) is 4.74 Å². The predicted molar refractivity (Wildman–Crippen MR) is 122 cm³/mol. The van der Waals surface area contributed by atoms with Crippen molar-refractivity contribution in [3.05, 3.63) is 90.0 Å². The van der Waals surface area contributed by atoms with Crippen LogP contribution in [0.2, 0.25) is 0 Å². The second kappa shape index (κ2) is 9.51. The Hall–Kier alpha value is -3.87. The van der Waals surface area contributed by atoms with Gasteiger partial charge in [-0.25, -0.2) is 4.98 Å². The van der Waals surface area contributed by atoms with Crippen LogP contribution < -0.4 is 15.0 Å². The van der Waals surface area contributed by atoms with Crippen molar-refractivity contribution in [2.75, 3.05) is 18.6 Å². The molecule has 7 heteroatoms. The van der Waals surface area contributed by atoms with Gasteiger partial charge in [-0.3, -0.25) is 9.59 Å². The Morgan fingerprint density at radius 3 is 2.62 bits per heavy atom. The van der Waals surface area contributed by atoms with Crippen molar-refractivity contribution in [1.82, 2.24) is 14.9 Å². The highest BCUT2D eigenvalue weighted by Gasteiger charge is 2.22. The molecule has 32 heavy (non-hydrogen) atoms. The van der Waals surface area contributed by atoms with E-state index in [1.54, 1.807) is 18.2 Å². The molecule has 2 amide bonds. The second-order valence-electron chi connectivity index (χ2n) is 7.67. The molecule has 4 rings (SSSR count). The van der Waals surface area contributed by atoms with E-state index in [0.717, 1.165) is 35.4 Å². The molecule has 1 aliphatic rings. The molecule has 0 fully saturated rings. The van der Waals surface area contributed by atoms with Crippen LogP contribution in [0.1, 0.15) is 29.4 Å². The lowest BCUT2D eigenvalue weighted by Gasteiger charge is -2.28. The molecule has 1 aromatic heterocycles. The Bertz CT molecular complexity index is 1130. The number of amides is 2. The zero-order valence-corrected chi connectivity index (χ0v) is 18.2. The van der Waals surface area contributed by atoms with Crippen molar-refractivity contribution in [3.63, 3.8) is 0 Å². The largest absolute Gasteiger partial charge is 0.497 e. The van der Waals surface area contributed by atoms with Gasteiger partial charge in [0.15, 0.2) is 0 Å². The highest BCUT2D eigenvalue weighted by Crippen LogP contribution is 2.27. The molecule has 7 nitrogen and oxygen atoms in total. The number of aromatic nitrogens is 2. The number of rotatable bonds is 6. The number of aryl methyl sites for hydroxylation is 2. The average molecular weight is 431 g/mol. The Kier molecular flexibility index (Phi) is 6.35. The number of nitrogens with one attached hydrogen (secondary N) is 1. The van der Waals surface area contributed by atoms with E-state index >= 15 is 0 Å². The quantitative estimate of drug-likeness (QED) is 0.610. The highest BCUT2D eigenvalue weighted by atomic mass is 16.5. The van der Waals surface area contributed by atoms with Gasteiger partial charge in [0.2, 0.25) is 5.91 Å². The van der Waals surface area contributed by atoms with Crippen molar-refractivity contribution in [1.29, 1.82) is 0 Å². The maximum Gasteiger partial charge on any atom is 0.251 e. The van der Waals surface area contributed by atoms with Crippen LogP contribution in [0.3, 0.4) is 0 Å². The average Bonchev–Trinajstić information content (AvgIpc) is 3.26. The predicted octanol–water partition coefficient (Wildman–Crippen LogP) is 3.17. The molecule has 3 aromatic rings. The van der Waals surface area contributed by atoms with Gasteiger partial charge in [-0.1, -0.05) is 30.3 Å². The summed E-state index contributed by atoms with van der Waals surface area (Å²) in [6, 6.07) is 14.9. The summed E-state index contributed by atoms with van der Waals surface area (Å²) < 4.78 is 7.09. The minimum atomic E-state index is -0.469. The topological polar surface area (TPSA) is 76.5 Å². The molecular formula is C25H26N4O3. The van der Waals surface area contributed by atoms with Crippen LogP contribution in [-0.4, -0.2) is 35.0 Å². The standard InChI is InChI=1S/C25H26N4O3/c1-28-17-15-26-25(28)24(19-9-11-20(32-2)12-10-19)27-22(30)13-14-23(31)29-16-5-7-18-6-3-4-8-21(18)29/h3-4,6,8-15,17,24H,5,7,16H2,1-2H3,(H,27,30). The van der Waals surface area contributed by atoms with E-state index in [1.165, 1.54) is 12.2 Å². The molecule has 0 radical (unpaired) electrons. The van der Waals surface area contributed by atoms with Gasteiger partial charge in [0.25, 0.3) is 5.91 Å². The first-order valence-electron chi connectivity index (χ1n) is 10.6. The first-order chi connectivity index (χ1) is 15.6. The van der Waals surface area contributed by atoms with E-state index in [2.05, 4.69) is 10.3 Å². The number of nitrogens with zero attached hydrogens (tertiary/aromatic N) is 3. The Morgan fingerprint density at radius 2 is 1.91 bits per heavy atom. The van der Waals surface area contributed by atoms with E-state index in [1.807, 2.05) is 66.3 Å². The fourth-order valence-electron chi connectivity index (χ4n) is 3.94. The first-order valence-corrected chi connectivity index (χ1v) is 10.6. The van der Waals surface area contributed by atoms with Crippen molar-refractivity contribution < 1.29 is 14.3 Å². The summed E-state index contributed by atoms with van der Waals surface area (Å²) in [5.74, 6) is 0.844. The molecule has 0 saturated carbocycles. The summed E-state index contributed by atoms with van der Waals surface area (Å²) in [6.45, 7) is 0.642. The van der Waals surface area contributed by atoms with Crippen LogP contribution in [0.5, 0.6) is 5.75 Å². The maximum absolute atomic E-state index is 12.8. The minimum Gasteiger partial charge on any atom is -0.497 e. The van der Waals surface area contributed by atoms with Crippen LogP contribution in [0.25, 0.3) is 0 Å². The van der Waals surface area contributed by atoms with Gasteiger partial charge in [0, 0.05) is 43.8 Å². The molecule has 2 aromatic carbocycles. The van der Waals surface area contributed by atoms with Gasteiger partial charge in [-0.2, -0.15) is 0 Å². The number of hydrogen-bond donors (Lipinski definition) is 1. The van der Waals surface area contributed by atoms with Crippen LogP contribution in [-0.2, 0) is 23.1 Å². The van der Waals surface area contributed by atoms with Gasteiger partial charge in [-0.15, -0.1) is 0 Å². The summed E-state index contributed by atoms with van der Waals surface area (Å²) in [5.41, 5.74) is 2.93. The van der Waals surface area contributed by atoms with Crippen molar-refractivity contribution in [2.24, 2.45) is 7.05 Å². The monoisotopic (exact) mass is 430 g/mol. The molecule has 0 aliphatic carbocycles. The number of methoxy groups -OCH3 is 1. The molecule has 1 aliphatic heterocycles. The van der Waals surface area contributed by atoms with Crippen molar-refractivity contribution >= 4 is 17.5 Å². The van der Waals surface area contributed by atoms with Gasteiger partial charge in [0.05, 0.1) is 7.11 Å². The Morgan fingerprint density at radius 1 is 1.12 bits per heavy atom. The lowest BCUT2D eigenvalue weighted by atomic mass is 10.0. The summed E-state index contributed by atoms with van der Waals surface area (Å²) in [4.78, 5) is 31.7. The fourth-order valence-corrected chi connectivity index (χ4v) is 3.94. The van der Waals surface area contributed by atoms with Gasteiger partial charge in [-0.05, 0) is 42.2 Å². The number of ether oxygens (including phenoxy) is 1. The number of anilines is 1. The fraction of sp³-hybridized carbons (Fsp3) is 0.240. The van der Waals surface area contributed by atoms with Crippen LogP contribution in [0.15, 0.2) is 73.1 Å². The number of hydrogen-bond acceptors (Lipinski definition) is 4. The number of carbonyl (C=O) groups excluding carboxylic acids is 2. The van der Waals surface area contributed by atoms with Crippen molar-refractivity contribution in [3.8, 4) is 5.75 Å². The first kappa shape index (κ1) is 21.4. The summed E-state index contributed by atoms with van der Waals surface area (Å²) in [6.07, 6.45) is 8.00. The third-order valence-electron chi connectivity index (χ3n) is 5.61. The van der Waals surface area contributed by atoms with Crippen LogP contribution in [0, 0.1) is 0 Å². The van der Waals surface area contributed by atoms with Gasteiger partial charge in [0.1, 0.15) is 17.6 Å². The zero-order chi connectivity index (χ0) is 22.5. The number of benzene rings is 2. The molecule has 2 heterocycles.